The molecule has 0 saturated carbocycles. The molecule has 2 fully saturated rings. The lowest BCUT2D eigenvalue weighted by molar-refractivity contribution is -0.901. The number of carbonyl (C=O) groups excluding carboxylic acids is 1. The number of anilines is 2. The van der Waals surface area contributed by atoms with Gasteiger partial charge in [0.15, 0.2) is 6.67 Å². The number of amides is 1. The first-order chi connectivity index (χ1) is 14.6. The van der Waals surface area contributed by atoms with Gasteiger partial charge in [-0.15, -0.1) is 0 Å². The molecule has 2 aromatic carbocycles. The summed E-state index contributed by atoms with van der Waals surface area (Å²) >= 11 is 0. The van der Waals surface area contributed by atoms with Gasteiger partial charge < -0.3 is 19.3 Å². The monoisotopic (exact) mass is 408 g/mol. The third-order valence-corrected chi connectivity index (χ3v) is 6.51. The highest BCUT2D eigenvalue weighted by Gasteiger charge is 2.55. The lowest BCUT2D eigenvalue weighted by Crippen LogP contribution is -3.17. The van der Waals surface area contributed by atoms with Gasteiger partial charge in [-0.3, -0.25) is 9.69 Å². The molecule has 5 rings (SSSR count). The number of fused-ring (bicyclic) bond motifs is 2. The van der Waals surface area contributed by atoms with Crippen LogP contribution in [0, 0.1) is 6.92 Å². The molecule has 1 spiro atoms. The van der Waals surface area contributed by atoms with E-state index in [1.807, 2.05) is 29.2 Å². The lowest BCUT2D eigenvalue weighted by Gasteiger charge is -2.40. The highest BCUT2D eigenvalue weighted by molar-refractivity contribution is 6.05. The minimum atomic E-state index is -1.25. The van der Waals surface area contributed by atoms with E-state index < -0.39 is 5.79 Å². The Hall–Kier alpha value is -2.41. The zero-order chi connectivity index (χ0) is 20.7. The second kappa shape index (κ2) is 7.69. The Balaban J connectivity index is 1.34. The number of aryl methyl sites for hydroxylation is 1. The number of ether oxygens (including phenoxy) is 2. The Kier molecular flexibility index (Phi) is 5.01. The molecule has 3 heterocycles. The number of hydrogen-bond donors (Lipinski definition) is 1. The summed E-state index contributed by atoms with van der Waals surface area (Å²) in [5.74, 6) is -1.33. The fourth-order valence-electron chi connectivity index (χ4n) is 5.04. The van der Waals surface area contributed by atoms with Crippen LogP contribution in [0.4, 0.5) is 11.4 Å². The maximum Gasteiger partial charge on any atom is 0.296 e. The Morgan fingerprint density at radius 3 is 2.70 bits per heavy atom. The normalized spacial score (nSPS) is 25.6. The van der Waals surface area contributed by atoms with Crippen molar-refractivity contribution in [2.45, 2.75) is 32.1 Å². The van der Waals surface area contributed by atoms with Crippen LogP contribution in [-0.4, -0.2) is 51.5 Å². The first-order valence-electron chi connectivity index (χ1n) is 10.9. The predicted molar refractivity (Wildman–Crippen MR) is 116 cm³/mol. The second-order valence-electron chi connectivity index (χ2n) is 8.66. The summed E-state index contributed by atoms with van der Waals surface area (Å²) in [6.07, 6.45) is 0.820. The summed E-state index contributed by atoms with van der Waals surface area (Å²) in [7, 11) is 0. The highest BCUT2D eigenvalue weighted by atomic mass is 16.7. The summed E-state index contributed by atoms with van der Waals surface area (Å²) in [6.45, 7) is 9.08. The van der Waals surface area contributed by atoms with E-state index in [1.54, 1.807) is 0 Å². The number of benzene rings is 2. The molecule has 3 aliphatic rings. The predicted octanol–water partition coefficient (Wildman–Crippen LogP) is 1.68. The molecule has 2 saturated heterocycles. The van der Waals surface area contributed by atoms with Crippen molar-refractivity contribution < 1.29 is 19.2 Å². The van der Waals surface area contributed by atoms with Crippen LogP contribution in [0.25, 0.3) is 0 Å². The molecule has 6 heteroatoms. The molecule has 30 heavy (non-hydrogen) atoms. The topological polar surface area (TPSA) is 46.5 Å². The van der Waals surface area contributed by atoms with Crippen LogP contribution in [0.15, 0.2) is 48.5 Å². The molecule has 2 unspecified atom stereocenters. The van der Waals surface area contributed by atoms with Crippen LogP contribution >= 0.6 is 0 Å². The number of para-hydroxylation sites is 1. The van der Waals surface area contributed by atoms with Gasteiger partial charge in [0, 0.05) is 11.3 Å². The van der Waals surface area contributed by atoms with Gasteiger partial charge >= 0.3 is 0 Å². The van der Waals surface area contributed by atoms with Crippen LogP contribution in [0.5, 0.6) is 0 Å². The summed E-state index contributed by atoms with van der Waals surface area (Å²) in [6, 6.07) is 17.0. The van der Waals surface area contributed by atoms with Crippen LogP contribution in [-0.2, 0) is 20.1 Å². The molecule has 2 aromatic rings. The minimum Gasteiger partial charge on any atom is -0.358 e. The largest absolute Gasteiger partial charge is 0.358 e. The van der Waals surface area contributed by atoms with E-state index in [0.717, 1.165) is 37.3 Å². The fraction of sp³-hybridized carbons (Fsp3) is 0.458. The smallest absolute Gasteiger partial charge is 0.296 e. The Labute approximate surface area is 178 Å². The number of piperazine rings is 1. The zero-order valence-electron chi connectivity index (χ0n) is 17.8. The van der Waals surface area contributed by atoms with E-state index in [4.69, 9.17) is 9.47 Å². The molecule has 0 aromatic heterocycles. The average Bonchev–Trinajstić information content (AvgIpc) is 2.97. The van der Waals surface area contributed by atoms with Gasteiger partial charge in [0.1, 0.15) is 0 Å². The molecule has 0 radical (unpaired) electrons. The van der Waals surface area contributed by atoms with E-state index in [0.29, 0.717) is 25.9 Å². The summed E-state index contributed by atoms with van der Waals surface area (Å²) in [5, 5.41) is 0. The van der Waals surface area contributed by atoms with Gasteiger partial charge in [-0.25, -0.2) is 0 Å². The van der Waals surface area contributed by atoms with Crippen molar-refractivity contribution in [2.75, 3.05) is 49.3 Å². The van der Waals surface area contributed by atoms with E-state index in [1.165, 1.54) is 16.2 Å². The number of hydrogen-bond acceptors (Lipinski definition) is 4. The van der Waals surface area contributed by atoms with E-state index >= 15 is 0 Å². The number of carbonyl (C=O) groups is 1. The second-order valence-corrected chi connectivity index (χ2v) is 8.66. The summed E-state index contributed by atoms with van der Waals surface area (Å²) < 4.78 is 11.9. The molecule has 0 aliphatic carbocycles. The molecule has 0 bridgehead atoms. The SMILES string of the molecule is Cc1cccc(N2CC[NH+](CN3C(=O)C4(OCCCO4)c4ccccc43)CC2C)c1. The van der Waals surface area contributed by atoms with E-state index in [2.05, 4.69) is 43.0 Å². The highest BCUT2D eigenvalue weighted by Crippen LogP contribution is 2.44. The van der Waals surface area contributed by atoms with Crippen molar-refractivity contribution in [1.29, 1.82) is 0 Å². The standard InChI is InChI=1S/C24H29N3O3/c1-18-7-5-8-20(15-18)26-12-11-25(16-19(26)2)17-27-22-10-4-3-9-21(22)24(23(27)28)29-13-6-14-30-24/h3-5,7-10,15,19H,6,11-14,16-17H2,1-2H3/p+1. The van der Waals surface area contributed by atoms with E-state index in [-0.39, 0.29) is 5.91 Å². The van der Waals surface area contributed by atoms with Crippen molar-refractivity contribution >= 4 is 17.3 Å². The quantitative estimate of drug-likeness (QED) is 0.840. The number of nitrogens with one attached hydrogen (secondary N) is 1. The third kappa shape index (κ3) is 3.20. The van der Waals surface area contributed by atoms with Crippen LogP contribution in [0.3, 0.4) is 0 Å². The summed E-state index contributed by atoms with van der Waals surface area (Å²) in [4.78, 5) is 19.2. The van der Waals surface area contributed by atoms with E-state index in [9.17, 15) is 4.79 Å². The molecular weight excluding hydrogens is 378 g/mol. The first kappa shape index (κ1) is 19.5. The Morgan fingerprint density at radius 2 is 1.93 bits per heavy atom. The Bertz CT molecular complexity index is 941. The van der Waals surface area contributed by atoms with Crippen molar-refractivity contribution in [2.24, 2.45) is 0 Å². The van der Waals surface area contributed by atoms with Gasteiger partial charge in [0.2, 0.25) is 0 Å². The van der Waals surface area contributed by atoms with Gasteiger partial charge in [-0.2, -0.15) is 0 Å². The van der Waals surface area contributed by atoms with Crippen LogP contribution in [0.1, 0.15) is 24.5 Å². The molecule has 6 nitrogen and oxygen atoms in total. The molecule has 1 N–H and O–H groups in total. The zero-order valence-corrected chi connectivity index (χ0v) is 17.8. The maximum absolute atomic E-state index is 13.5. The molecule has 1 amide bonds. The number of quaternary nitrogens is 1. The van der Waals surface area contributed by atoms with Gasteiger partial charge in [0.05, 0.1) is 44.6 Å². The fourth-order valence-corrected chi connectivity index (χ4v) is 5.04. The van der Waals surface area contributed by atoms with Crippen molar-refractivity contribution in [3.05, 3.63) is 59.7 Å². The van der Waals surface area contributed by atoms with Crippen molar-refractivity contribution in [3.63, 3.8) is 0 Å². The molecule has 2 atom stereocenters. The lowest BCUT2D eigenvalue weighted by atomic mass is 10.1. The number of rotatable bonds is 3. The third-order valence-electron chi connectivity index (χ3n) is 6.51. The van der Waals surface area contributed by atoms with Gasteiger partial charge in [-0.1, -0.05) is 30.3 Å². The average molecular weight is 409 g/mol. The number of nitrogens with zero attached hydrogens (tertiary/aromatic N) is 2. The summed E-state index contributed by atoms with van der Waals surface area (Å²) in [5.41, 5.74) is 4.34. The van der Waals surface area contributed by atoms with Crippen LogP contribution in [0.2, 0.25) is 0 Å². The Morgan fingerprint density at radius 1 is 1.13 bits per heavy atom. The van der Waals surface area contributed by atoms with Gasteiger partial charge in [0.25, 0.3) is 11.7 Å². The van der Waals surface area contributed by atoms with Gasteiger partial charge in [-0.05, 0) is 44.0 Å². The van der Waals surface area contributed by atoms with Crippen molar-refractivity contribution in [1.82, 2.24) is 0 Å². The maximum atomic E-state index is 13.5. The minimum absolute atomic E-state index is 0.0790. The van der Waals surface area contributed by atoms with Crippen LogP contribution < -0.4 is 14.7 Å². The first-order valence-corrected chi connectivity index (χ1v) is 10.9. The molecule has 3 aliphatic heterocycles. The molecular formula is C24H30N3O3+. The van der Waals surface area contributed by atoms with Crippen molar-refractivity contribution in [3.8, 4) is 0 Å². The molecule has 158 valence electrons.